The molecule has 1 aliphatic rings. The number of methoxy groups -OCH3 is 1. The number of ether oxygens (including phenoxy) is 2. The maximum absolute atomic E-state index is 12.2. The second-order valence-electron chi connectivity index (χ2n) is 7.88. The number of aliphatic hydroxyl groups is 1. The Balaban J connectivity index is 1.72. The van der Waals surface area contributed by atoms with E-state index in [1.54, 1.807) is 19.2 Å². The molecule has 2 aromatic carbocycles. The number of nitrogens with one attached hydrogen (secondary N) is 2. The quantitative estimate of drug-likeness (QED) is 0.361. The summed E-state index contributed by atoms with van der Waals surface area (Å²) < 4.78 is 11.5. The third-order valence-corrected chi connectivity index (χ3v) is 5.66. The molecule has 0 spiro atoms. The van der Waals surface area contributed by atoms with Gasteiger partial charge in [0.15, 0.2) is 11.5 Å². The third-order valence-electron chi connectivity index (χ3n) is 5.66. The van der Waals surface area contributed by atoms with Gasteiger partial charge in [0.25, 0.3) is 5.91 Å². The number of benzene rings is 2. The Hall–Kier alpha value is -3.36. The highest BCUT2D eigenvalue weighted by atomic mass is 16.5. The van der Waals surface area contributed by atoms with Gasteiger partial charge in [0, 0.05) is 35.9 Å². The molecule has 1 heterocycles. The van der Waals surface area contributed by atoms with E-state index < -0.39 is 5.91 Å². The molecule has 0 radical (unpaired) electrons. The minimum absolute atomic E-state index is 0.0781. The molecular weight excluding hydrogens is 408 g/mol. The lowest BCUT2D eigenvalue weighted by atomic mass is 10.0. The van der Waals surface area contributed by atoms with Gasteiger partial charge in [-0.15, -0.1) is 0 Å². The first-order valence-corrected chi connectivity index (χ1v) is 10.6. The molecule has 0 bridgehead atoms. The highest BCUT2D eigenvalue weighted by molar-refractivity contribution is 6.08. The fourth-order valence-electron chi connectivity index (χ4n) is 3.63. The summed E-state index contributed by atoms with van der Waals surface area (Å²) in [6, 6.07) is 9.80. The SMILES string of the molecule is COc1cc2c(Nc3cccc(CO)c3C)c(C(N)=O)cnc2cc1OCCNC1CC1. The number of rotatable bonds is 10. The Morgan fingerprint density at radius 2 is 2.09 bits per heavy atom. The van der Waals surface area contributed by atoms with Crippen molar-refractivity contribution in [2.45, 2.75) is 32.4 Å². The Bertz CT molecular complexity index is 1140. The van der Waals surface area contributed by atoms with Crippen molar-refractivity contribution in [3.63, 3.8) is 0 Å². The number of aromatic nitrogens is 1. The molecule has 32 heavy (non-hydrogen) atoms. The van der Waals surface area contributed by atoms with Crippen molar-refractivity contribution in [2.24, 2.45) is 5.73 Å². The predicted octanol–water partition coefficient (Wildman–Crippen LogP) is 3.02. The van der Waals surface area contributed by atoms with Crippen molar-refractivity contribution in [3.8, 4) is 11.5 Å². The van der Waals surface area contributed by atoms with Crippen LogP contribution in [0.3, 0.4) is 0 Å². The first kappa shape index (κ1) is 21.9. The fourth-order valence-corrected chi connectivity index (χ4v) is 3.63. The van der Waals surface area contributed by atoms with Gasteiger partial charge in [0.05, 0.1) is 30.5 Å². The predicted molar refractivity (Wildman–Crippen MR) is 124 cm³/mol. The first-order valence-electron chi connectivity index (χ1n) is 10.6. The summed E-state index contributed by atoms with van der Waals surface area (Å²) in [5, 5.41) is 17.0. The monoisotopic (exact) mass is 436 g/mol. The molecule has 1 aromatic heterocycles. The van der Waals surface area contributed by atoms with Gasteiger partial charge in [-0.3, -0.25) is 9.78 Å². The molecule has 1 aliphatic carbocycles. The molecule has 0 atom stereocenters. The summed E-state index contributed by atoms with van der Waals surface area (Å²) in [4.78, 5) is 16.6. The molecule has 3 aromatic rings. The lowest BCUT2D eigenvalue weighted by Crippen LogP contribution is -2.22. The van der Waals surface area contributed by atoms with E-state index in [0.29, 0.717) is 40.7 Å². The van der Waals surface area contributed by atoms with Crippen molar-refractivity contribution in [1.82, 2.24) is 10.3 Å². The van der Waals surface area contributed by atoms with Crippen LogP contribution in [-0.4, -0.2) is 42.3 Å². The number of nitrogens with two attached hydrogens (primary N) is 1. The van der Waals surface area contributed by atoms with Crippen molar-refractivity contribution in [2.75, 3.05) is 25.6 Å². The van der Waals surface area contributed by atoms with Crippen LogP contribution < -0.4 is 25.8 Å². The second-order valence-corrected chi connectivity index (χ2v) is 7.88. The zero-order valence-electron chi connectivity index (χ0n) is 18.3. The molecule has 1 saturated carbocycles. The molecule has 8 heteroatoms. The number of pyridine rings is 1. The number of hydrogen-bond acceptors (Lipinski definition) is 7. The van der Waals surface area contributed by atoms with Gasteiger partial charge < -0.3 is 30.9 Å². The summed E-state index contributed by atoms with van der Waals surface area (Å²) >= 11 is 0. The average Bonchev–Trinajstić information content (AvgIpc) is 3.62. The van der Waals surface area contributed by atoms with Crippen LogP contribution in [0.1, 0.15) is 34.3 Å². The van der Waals surface area contributed by atoms with E-state index in [1.165, 1.54) is 19.0 Å². The molecule has 4 rings (SSSR count). The minimum atomic E-state index is -0.594. The normalized spacial score (nSPS) is 13.2. The van der Waals surface area contributed by atoms with Gasteiger partial charge in [0.2, 0.25) is 0 Å². The highest BCUT2D eigenvalue weighted by Crippen LogP contribution is 2.38. The largest absolute Gasteiger partial charge is 0.493 e. The smallest absolute Gasteiger partial charge is 0.252 e. The number of hydrogen-bond donors (Lipinski definition) is 4. The Morgan fingerprint density at radius 1 is 1.28 bits per heavy atom. The van der Waals surface area contributed by atoms with E-state index >= 15 is 0 Å². The van der Waals surface area contributed by atoms with Crippen molar-refractivity contribution in [1.29, 1.82) is 0 Å². The van der Waals surface area contributed by atoms with Crippen molar-refractivity contribution in [3.05, 3.63) is 53.2 Å². The van der Waals surface area contributed by atoms with Gasteiger partial charge in [0.1, 0.15) is 6.61 Å². The summed E-state index contributed by atoms with van der Waals surface area (Å²) in [6.45, 7) is 3.10. The Morgan fingerprint density at radius 3 is 2.78 bits per heavy atom. The highest BCUT2D eigenvalue weighted by Gasteiger charge is 2.20. The van der Waals surface area contributed by atoms with Crippen LogP contribution in [0.5, 0.6) is 11.5 Å². The number of aliphatic hydroxyl groups excluding tert-OH is 1. The van der Waals surface area contributed by atoms with Crippen LogP contribution in [-0.2, 0) is 6.61 Å². The number of nitrogens with zero attached hydrogens (tertiary/aromatic N) is 1. The molecule has 168 valence electrons. The average molecular weight is 437 g/mol. The molecular formula is C24H28N4O4. The fraction of sp³-hybridized carbons (Fsp3) is 0.333. The van der Waals surface area contributed by atoms with E-state index in [9.17, 15) is 9.90 Å². The molecule has 1 amide bonds. The van der Waals surface area contributed by atoms with E-state index in [0.717, 1.165) is 23.4 Å². The second kappa shape index (κ2) is 9.42. The van der Waals surface area contributed by atoms with Crippen molar-refractivity contribution < 1.29 is 19.4 Å². The van der Waals surface area contributed by atoms with E-state index in [4.69, 9.17) is 15.2 Å². The zero-order chi connectivity index (χ0) is 22.7. The van der Waals surface area contributed by atoms with E-state index in [2.05, 4.69) is 15.6 Å². The molecule has 0 saturated heterocycles. The number of fused-ring (bicyclic) bond motifs is 1. The van der Waals surface area contributed by atoms with Crippen molar-refractivity contribution >= 4 is 28.2 Å². The van der Waals surface area contributed by atoms with Crippen LogP contribution in [0.4, 0.5) is 11.4 Å². The molecule has 1 fully saturated rings. The van der Waals surface area contributed by atoms with Crippen LogP contribution in [0.25, 0.3) is 10.9 Å². The van der Waals surface area contributed by atoms with Gasteiger partial charge >= 0.3 is 0 Å². The van der Waals surface area contributed by atoms with E-state index in [-0.39, 0.29) is 12.2 Å². The maximum atomic E-state index is 12.2. The molecule has 8 nitrogen and oxygen atoms in total. The Kier molecular flexibility index (Phi) is 6.43. The van der Waals surface area contributed by atoms with Crippen LogP contribution >= 0.6 is 0 Å². The summed E-state index contributed by atoms with van der Waals surface area (Å²) in [7, 11) is 1.57. The van der Waals surface area contributed by atoms with E-state index in [1.807, 2.05) is 25.1 Å². The summed E-state index contributed by atoms with van der Waals surface area (Å²) in [6.07, 6.45) is 3.91. The summed E-state index contributed by atoms with van der Waals surface area (Å²) in [5.41, 5.74) is 9.50. The number of anilines is 2. The number of amides is 1. The van der Waals surface area contributed by atoms with Crippen LogP contribution in [0, 0.1) is 6.92 Å². The lowest BCUT2D eigenvalue weighted by Gasteiger charge is -2.18. The first-order chi connectivity index (χ1) is 15.5. The molecule has 5 N–H and O–H groups in total. The van der Waals surface area contributed by atoms with Gasteiger partial charge in [-0.05, 0) is 43.0 Å². The molecule has 0 unspecified atom stereocenters. The number of primary amides is 1. The zero-order valence-corrected chi connectivity index (χ0v) is 18.3. The van der Waals surface area contributed by atoms with Crippen LogP contribution in [0.2, 0.25) is 0 Å². The van der Waals surface area contributed by atoms with Gasteiger partial charge in [-0.1, -0.05) is 12.1 Å². The van der Waals surface area contributed by atoms with Gasteiger partial charge in [-0.25, -0.2) is 0 Å². The topological polar surface area (TPSA) is 119 Å². The lowest BCUT2D eigenvalue weighted by molar-refractivity contribution is 0.100. The third kappa shape index (κ3) is 4.61. The maximum Gasteiger partial charge on any atom is 0.252 e. The van der Waals surface area contributed by atoms with Crippen LogP contribution in [0.15, 0.2) is 36.5 Å². The summed E-state index contributed by atoms with van der Waals surface area (Å²) in [5.74, 6) is 0.529. The molecule has 0 aliphatic heterocycles. The number of carbonyl (C=O) groups is 1. The standard InChI is InChI=1S/C24H28N4O4/c1-14-15(13-29)4-3-5-19(14)28-23-17-10-21(31-2)22(32-9-8-26-16-6-7-16)11-20(17)27-12-18(23)24(25)30/h3-5,10-12,16,26,29H,6-9,13H2,1-2H3,(H2,25,30)(H,27,28). The Labute approximate surface area is 186 Å². The minimum Gasteiger partial charge on any atom is -0.493 e. The van der Waals surface area contributed by atoms with Gasteiger partial charge in [-0.2, -0.15) is 0 Å². The number of carbonyl (C=O) groups excluding carboxylic acids is 1.